The monoisotopic (exact) mass is 330 g/mol. The predicted octanol–water partition coefficient (Wildman–Crippen LogP) is 0.841. The quantitative estimate of drug-likeness (QED) is 0.802. The van der Waals surface area contributed by atoms with Crippen molar-refractivity contribution in [2.45, 2.75) is 6.42 Å². The van der Waals surface area contributed by atoms with E-state index in [0.717, 1.165) is 10.6 Å². The zero-order valence-electron chi connectivity index (χ0n) is 12.4. The largest absolute Gasteiger partial charge is 0.378 e. The van der Waals surface area contributed by atoms with Crippen LogP contribution in [0.1, 0.15) is 6.42 Å². The lowest BCUT2D eigenvalue weighted by molar-refractivity contribution is -0.135. The Kier molecular flexibility index (Phi) is 5.36. The molecule has 1 aliphatic rings. The van der Waals surface area contributed by atoms with E-state index in [-0.39, 0.29) is 24.6 Å². The Morgan fingerprint density at radius 2 is 1.95 bits per heavy atom. The number of anilines is 1. The first-order chi connectivity index (χ1) is 10.4. The highest BCUT2D eigenvalue weighted by molar-refractivity contribution is 7.92. The summed E-state index contributed by atoms with van der Waals surface area (Å²) in [6.45, 7) is 1.87. The van der Waals surface area contributed by atoms with Gasteiger partial charge in [0.1, 0.15) is 5.82 Å². The summed E-state index contributed by atoms with van der Waals surface area (Å²) >= 11 is 0. The van der Waals surface area contributed by atoms with Crippen molar-refractivity contribution in [3.63, 3.8) is 0 Å². The molecule has 0 unspecified atom stereocenters. The summed E-state index contributed by atoms with van der Waals surface area (Å²) in [5.41, 5.74) is -0.0419. The number of nitrogens with zero attached hydrogens (tertiary/aromatic N) is 2. The van der Waals surface area contributed by atoms with Crippen molar-refractivity contribution in [2.24, 2.45) is 0 Å². The number of halogens is 1. The van der Waals surface area contributed by atoms with E-state index in [1.165, 1.54) is 18.2 Å². The molecule has 1 aromatic carbocycles. The molecule has 0 radical (unpaired) electrons. The molecule has 1 heterocycles. The van der Waals surface area contributed by atoms with Gasteiger partial charge in [-0.05, 0) is 12.1 Å². The SMILES string of the molecule is CS(=O)(=O)N(CCC(=O)N1CCOCC1)c1ccccc1F. The third kappa shape index (κ3) is 4.17. The van der Waals surface area contributed by atoms with E-state index in [1.54, 1.807) is 11.0 Å². The molecule has 0 aromatic heterocycles. The lowest BCUT2D eigenvalue weighted by Crippen LogP contribution is -2.42. The van der Waals surface area contributed by atoms with Gasteiger partial charge in [0.15, 0.2) is 0 Å². The molecule has 1 saturated heterocycles. The van der Waals surface area contributed by atoms with Crippen LogP contribution in [-0.2, 0) is 19.6 Å². The van der Waals surface area contributed by atoms with E-state index >= 15 is 0 Å². The van der Waals surface area contributed by atoms with Crippen molar-refractivity contribution in [2.75, 3.05) is 43.4 Å². The zero-order valence-corrected chi connectivity index (χ0v) is 13.2. The lowest BCUT2D eigenvalue weighted by Gasteiger charge is -2.28. The van der Waals surface area contributed by atoms with Crippen molar-refractivity contribution < 1.29 is 22.3 Å². The summed E-state index contributed by atoms with van der Waals surface area (Å²) < 4.78 is 43.7. The first-order valence-electron chi connectivity index (χ1n) is 6.97. The highest BCUT2D eigenvalue weighted by Crippen LogP contribution is 2.21. The summed E-state index contributed by atoms with van der Waals surface area (Å²) in [5, 5.41) is 0. The van der Waals surface area contributed by atoms with Crippen molar-refractivity contribution >= 4 is 21.6 Å². The number of hydrogen-bond acceptors (Lipinski definition) is 4. The van der Waals surface area contributed by atoms with Crippen LogP contribution in [0, 0.1) is 5.82 Å². The second-order valence-electron chi connectivity index (χ2n) is 5.03. The predicted molar refractivity (Wildman–Crippen MR) is 80.6 cm³/mol. The summed E-state index contributed by atoms with van der Waals surface area (Å²) in [6.07, 6.45) is 1.00. The third-order valence-electron chi connectivity index (χ3n) is 3.41. The first kappa shape index (κ1) is 16.7. The zero-order chi connectivity index (χ0) is 16.2. The molecule has 0 N–H and O–H groups in total. The smallest absolute Gasteiger partial charge is 0.232 e. The highest BCUT2D eigenvalue weighted by Gasteiger charge is 2.23. The normalized spacial score (nSPS) is 15.6. The molecule has 0 aliphatic carbocycles. The van der Waals surface area contributed by atoms with Crippen LogP contribution in [0.3, 0.4) is 0 Å². The van der Waals surface area contributed by atoms with E-state index in [4.69, 9.17) is 4.74 Å². The Labute approximate surface area is 129 Å². The molecule has 0 spiro atoms. The van der Waals surface area contributed by atoms with Gasteiger partial charge >= 0.3 is 0 Å². The van der Waals surface area contributed by atoms with Crippen LogP contribution in [0.2, 0.25) is 0 Å². The fraction of sp³-hybridized carbons (Fsp3) is 0.500. The van der Waals surface area contributed by atoms with E-state index in [1.807, 2.05) is 0 Å². The van der Waals surface area contributed by atoms with Crippen molar-refractivity contribution in [1.29, 1.82) is 0 Å². The Morgan fingerprint density at radius 3 is 2.55 bits per heavy atom. The molecular formula is C14H19FN2O4S. The van der Waals surface area contributed by atoms with Gasteiger partial charge < -0.3 is 9.64 Å². The maximum absolute atomic E-state index is 13.8. The minimum atomic E-state index is -3.67. The second kappa shape index (κ2) is 7.06. The van der Waals surface area contributed by atoms with Crippen LogP contribution in [0.15, 0.2) is 24.3 Å². The number of morpholine rings is 1. The van der Waals surface area contributed by atoms with Crippen LogP contribution >= 0.6 is 0 Å². The van der Waals surface area contributed by atoms with E-state index < -0.39 is 15.8 Å². The molecular weight excluding hydrogens is 311 g/mol. The molecule has 0 saturated carbocycles. The average Bonchev–Trinajstić information content (AvgIpc) is 2.48. The molecule has 1 amide bonds. The molecule has 0 atom stereocenters. The molecule has 0 bridgehead atoms. The van der Waals surface area contributed by atoms with Gasteiger partial charge in [0, 0.05) is 26.1 Å². The van der Waals surface area contributed by atoms with E-state index in [9.17, 15) is 17.6 Å². The minimum Gasteiger partial charge on any atom is -0.378 e. The maximum atomic E-state index is 13.8. The Balaban J connectivity index is 2.08. The Morgan fingerprint density at radius 1 is 1.32 bits per heavy atom. The summed E-state index contributed by atoms with van der Waals surface area (Å²) in [6, 6.07) is 5.62. The van der Waals surface area contributed by atoms with Gasteiger partial charge in [-0.15, -0.1) is 0 Å². The van der Waals surface area contributed by atoms with Gasteiger partial charge in [0.25, 0.3) is 0 Å². The average molecular weight is 330 g/mol. The number of sulfonamides is 1. The van der Waals surface area contributed by atoms with Crippen LogP contribution in [-0.4, -0.2) is 58.3 Å². The van der Waals surface area contributed by atoms with Crippen molar-refractivity contribution in [1.82, 2.24) is 4.90 Å². The number of carbonyl (C=O) groups excluding carboxylic acids is 1. The van der Waals surface area contributed by atoms with Gasteiger partial charge in [0.05, 0.1) is 25.2 Å². The molecule has 6 nitrogen and oxygen atoms in total. The van der Waals surface area contributed by atoms with Gasteiger partial charge in [-0.1, -0.05) is 12.1 Å². The van der Waals surface area contributed by atoms with Crippen LogP contribution < -0.4 is 4.31 Å². The third-order valence-corrected chi connectivity index (χ3v) is 4.59. The van der Waals surface area contributed by atoms with Gasteiger partial charge in [-0.2, -0.15) is 0 Å². The second-order valence-corrected chi connectivity index (χ2v) is 6.94. The molecule has 22 heavy (non-hydrogen) atoms. The van der Waals surface area contributed by atoms with Gasteiger partial charge in [-0.25, -0.2) is 12.8 Å². The van der Waals surface area contributed by atoms with E-state index in [0.29, 0.717) is 26.3 Å². The summed E-state index contributed by atoms with van der Waals surface area (Å²) in [4.78, 5) is 13.7. The first-order valence-corrected chi connectivity index (χ1v) is 8.82. The number of para-hydroxylation sites is 1. The number of carbonyl (C=O) groups is 1. The number of benzene rings is 1. The van der Waals surface area contributed by atoms with Crippen LogP contribution in [0.4, 0.5) is 10.1 Å². The van der Waals surface area contributed by atoms with Crippen LogP contribution in [0.25, 0.3) is 0 Å². The number of hydrogen-bond donors (Lipinski definition) is 0. The molecule has 8 heteroatoms. The number of amides is 1. The maximum Gasteiger partial charge on any atom is 0.232 e. The summed E-state index contributed by atoms with van der Waals surface area (Å²) in [5.74, 6) is -0.792. The fourth-order valence-electron chi connectivity index (χ4n) is 2.29. The summed E-state index contributed by atoms with van der Waals surface area (Å²) in [7, 11) is -3.67. The fourth-order valence-corrected chi connectivity index (χ4v) is 3.22. The lowest BCUT2D eigenvalue weighted by atomic mass is 10.3. The Hall–Kier alpha value is -1.67. The molecule has 1 aliphatic heterocycles. The molecule has 1 aromatic rings. The minimum absolute atomic E-state index is 0.00139. The molecule has 1 fully saturated rings. The standard InChI is InChI=1S/C14H19FN2O4S/c1-22(19,20)17(13-5-3-2-4-12(13)15)7-6-14(18)16-8-10-21-11-9-16/h2-5H,6-11H2,1H3. The van der Waals surface area contributed by atoms with E-state index in [2.05, 4.69) is 0 Å². The van der Waals surface area contributed by atoms with Gasteiger partial charge in [-0.3, -0.25) is 9.10 Å². The van der Waals surface area contributed by atoms with Crippen LogP contribution in [0.5, 0.6) is 0 Å². The van der Waals surface area contributed by atoms with Crippen molar-refractivity contribution in [3.05, 3.63) is 30.1 Å². The molecule has 2 rings (SSSR count). The van der Waals surface area contributed by atoms with Crippen molar-refractivity contribution in [3.8, 4) is 0 Å². The number of rotatable bonds is 5. The molecule has 122 valence electrons. The topological polar surface area (TPSA) is 66.9 Å². The Bertz CT molecular complexity index is 629. The highest BCUT2D eigenvalue weighted by atomic mass is 32.2. The number of ether oxygens (including phenoxy) is 1. The van der Waals surface area contributed by atoms with Gasteiger partial charge in [0.2, 0.25) is 15.9 Å².